The Morgan fingerprint density at radius 3 is 2.43 bits per heavy atom. The molecule has 0 radical (unpaired) electrons. The molecule has 0 unspecified atom stereocenters. The van der Waals surface area contributed by atoms with Gasteiger partial charge in [-0.2, -0.15) is 18.4 Å². The van der Waals surface area contributed by atoms with Crippen molar-refractivity contribution < 1.29 is 13.2 Å². The maximum atomic E-state index is 12.6. The van der Waals surface area contributed by atoms with Gasteiger partial charge in [0.05, 0.1) is 16.1 Å². The maximum absolute atomic E-state index is 12.6. The highest BCUT2D eigenvalue weighted by Crippen LogP contribution is 2.30. The zero-order valence-electron chi connectivity index (χ0n) is 10.7. The molecule has 0 fully saturated rings. The van der Waals surface area contributed by atoms with Gasteiger partial charge in [0.1, 0.15) is 6.07 Å². The second-order valence-corrected chi connectivity index (χ2v) is 4.66. The molecule has 5 heteroatoms. The van der Waals surface area contributed by atoms with E-state index in [4.69, 9.17) is 16.9 Å². The molecule has 0 saturated carbocycles. The van der Waals surface area contributed by atoms with Gasteiger partial charge in [0.2, 0.25) is 0 Å². The van der Waals surface area contributed by atoms with Gasteiger partial charge in [0.25, 0.3) is 0 Å². The monoisotopic (exact) mass is 307 g/mol. The summed E-state index contributed by atoms with van der Waals surface area (Å²) in [6.45, 7) is 0. The van der Waals surface area contributed by atoms with Crippen LogP contribution in [-0.4, -0.2) is 0 Å². The average molecular weight is 308 g/mol. The van der Waals surface area contributed by atoms with Crippen molar-refractivity contribution in [1.82, 2.24) is 0 Å². The molecule has 0 aliphatic heterocycles. The molecule has 2 aromatic rings. The minimum absolute atomic E-state index is 0.281. The molecule has 2 aromatic carbocycles. The van der Waals surface area contributed by atoms with Crippen LogP contribution in [0.2, 0.25) is 5.02 Å². The first-order valence-corrected chi connectivity index (χ1v) is 6.33. The van der Waals surface area contributed by atoms with Crippen LogP contribution >= 0.6 is 11.6 Å². The Labute approximate surface area is 124 Å². The second-order valence-electron chi connectivity index (χ2n) is 4.28. The Hall–Kier alpha value is -2.25. The first-order valence-electron chi connectivity index (χ1n) is 5.96. The van der Waals surface area contributed by atoms with E-state index in [1.54, 1.807) is 30.3 Å². The number of halogens is 4. The van der Waals surface area contributed by atoms with Crippen LogP contribution in [0.15, 0.2) is 42.5 Å². The van der Waals surface area contributed by atoms with Crippen LogP contribution in [0, 0.1) is 11.3 Å². The van der Waals surface area contributed by atoms with E-state index in [1.165, 1.54) is 12.1 Å². The molecule has 1 nitrogen and oxygen atoms in total. The zero-order valence-corrected chi connectivity index (χ0v) is 11.4. The SMILES string of the molecule is N#Cc1cccc(/C=C/c2cccc(C(F)(F)F)c2)c1Cl. The van der Waals surface area contributed by atoms with E-state index >= 15 is 0 Å². The Kier molecular flexibility index (Phi) is 4.35. The van der Waals surface area contributed by atoms with E-state index in [-0.39, 0.29) is 5.02 Å². The molecule has 0 atom stereocenters. The highest BCUT2D eigenvalue weighted by atomic mass is 35.5. The van der Waals surface area contributed by atoms with Crippen molar-refractivity contribution in [3.63, 3.8) is 0 Å². The van der Waals surface area contributed by atoms with Crippen molar-refractivity contribution >= 4 is 23.8 Å². The number of rotatable bonds is 2. The van der Waals surface area contributed by atoms with Gasteiger partial charge >= 0.3 is 6.18 Å². The van der Waals surface area contributed by atoms with Gasteiger partial charge in [-0.1, -0.05) is 48.0 Å². The maximum Gasteiger partial charge on any atom is 0.416 e. The third-order valence-corrected chi connectivity index (χ3v) is 3.24. The summed E-state index contributed by atoms with van der Waals surface area (Å²) in [6.07, 6.45) is -1.27. The van der Waals surface area contributed by atoms with Gasteiger partial charge in [0.15, 0.2) is 0 Å². The lowest BCUT2D eigenvalue weighted by Gasteiger charge is -2.06. The normalized spacial score (nSPS) is 11.6. The number of hydrogen-bond acceptors (Lipinski definition) is 1. The number of benzene rings is 2. The predicted molar refractivity (Wildman–Crippen MR) is 76.5 cm³/mol. The molecule has 0 aliphatic carbocycles. The Morgan fingerprint density at radius 1 is 1.05 bits per heavy atom. The van der Waals surface area contributed by atoms with Crippen LogP contribution in [0.5, 0.6) is 0 Å². The molecule has 0 aromatic heterocycles. The molecular formula is C16H9ClF3N. The number of nitriles is 1. The number of nitrogens with zero attached hydrogens (tertiary/aromatic N) is 1. The van der Waals surface area contributed by atoms with Crippen molar-refractivity contribution in [3.05, 3.63) is 69.7 Å². The lowest BCUT2D eigenvalue weighted by molar-refractivity contribution is -0.137. The summed E-state index contributed by atoms with van der Waals surface area (Å²) < 4.78 is 37.8. The first kappa shape index (κ1) is 15.1. The third-order valence-electron chi connectivity index (χ3n) is 2.82. The molecule has 0 aliphatic rings. The fourth-order valence-corrected chi connectivity index (χ4v) is 2.00. The molecule has 0 spiro atoms. The summed E-state index contributed by atoms with van der Waals surface area (Å²) in [6, 6.07) is 11.8. The fraction of sp³-hybridized carbons (Fsp3) is 0.0625. The molecular weight excluding hydrogens is 299 g/mol. The van der Waals surface area contributed by atoms with Crippen LogP contribution in [0.1, 0.15) is 22.3 Å². The summed E-state index contributed by atoms with van der Waals surface area (Å²) in [5, 5.41) is 9.15. The Bertz CT molecular complexity index is 727. The number of hydrogen-bond donors (Lipinski definition) is 0. The van der Waals surface area contributed by atoms with Crippen LogP contribution in [-0.2, 0) is 6.18 Å². The molecule has 0 amide bonds. The summed E-state index contributed by atoms with van der Waals surface area (Å²) in [7, 11) is 0. The van der Waals surface area contributed by atoms with Crippen LogP contribution in [0.3, 0.4) is 0 Å². The summed E-state index contributed by atoms with van der Waals surface area (Å²) in [5.41, 5.74) is 0.598. The zero-order chi connectivity index (χ0) is 15.5. The van der Waals surface area contributed by atoms with Crippen molar-refractivity contribution in [2.24, 2.45) is 0 Å². The van der Waals surface area contributed by atoms with E-state index in [9.17, 15) is 13.2 Å². The second kappa shape index (κ2) is 6.02. The molecule has 0 heterocycles. The highest BCUT2D eigenvalue weighted by Gasteiger charge is 2.30. The van der Waals surface area contributed by atoms with Crippen molar-refractivity contribution in [2.75, 3.05) is 0 Å². The third kappa shape index (κ3) is 3.65. The van der Waals surface area contributed by atoms with Gasteiger partial charge in [-0.3, -0.25) is 0 Å². The molecule has 0 saturated heterocycles. The van der Waals surface area contributed by atoms with E-state index in [0.29, 0.717) is 16.7 Å². The van der Waals surface area contributed by atoms with E-state index < -0.39 is 11.7 Å². The van der Waals surface area contributed by atoms with Gasteiger partial charge in [-0.15, -0.1) is 0 Å². The molecule has 106 valence electrons. The smallest absolute Gasteiger partial charge is 0.192 e. The van der Waals surface area contributed by atoms with Crippen molar-refractivity contribution in [1.29, 1.82) is 5.26 Å². The average Bonchev–Trinajstić information content (AvgIpc) is 2.45. The molecule has 21 heavy (non-hydrogen) atoms. The molecule has 2 rings (SSSR count). The quantitative estimate of drug-likeness (QED) is 0.681. The minimum Gasteiger partial charge on any atom is -0.192 e. The van der Waals surface area contributed by atoms with Gasteiger partial charge in [-0.05, 0) is 29.3 Å². The van der Waals surface area contributed by atoms with Gasteiger partial charge in [-0.25, -0.2) is 0 Å². The topological polar surface area (TPSA) is 23.8 Å². The summed E-state index contributed by atoms with van der Waals surface area (Å²) >= 11 is 6.03. The Balaban J connectivity index is 2.33. The van der Waals surface area contributed by atoms with E-state index in [1.807, 2.05) is 6.07 Å². The van der Waals surface area contributed by atoms with Gasteiger partial charge in [0, 0.05) is 0 Å². The van der Waals surface area contributed by atoms with E-state index in [0.717, 1.165) is 12.1 Å². The van der Waals surface area contributed by atoms with Crippen LogP contribution in [0.25, 0.3) is 12.2 Å². The van der Waals surface area contributed by atoms with Crippen LogP contribution < -0.4 is 0 Å². The van der Waals surface area contributed by atoms with Gasteiger partial charge < -0.3 is 0 Å². The standard InChI is InChI=1S/C16H9ClF3N/c17-15-12(4-2-5-13(15)10-21)8-7-11-3-1-6-14(9-11)16(18,19)20/h1-9H/b8-7+. The van der Waals surface area contributed by atoms with Crippen LogP contribution in [0.4, 0.5) is 13.2 Å². The first-order chi connectivity index (χ1) is 9.91. The lowest BCUT2D eigenvalue weighted by atomic mass is 10.1. The summed E-state index contributed by atoms with van der Waals surface area (Å²) in [4.78, 5) is 0. The molecule has 0 bridgehead atoms. The van der Waals surface area contributed by atoms with Crippen molar-refractivity contribution in [3.8, 4) is 6.07 Å². The van der Waals surface area contributed by atoms with Crippen molar-refractivity contribution in [2.45, 2.75) is 6.18 Å². The minimum atomic E-state index is -4.37. The largest absolute Gasteiger partial charge is 0.416 e. The summed E-state index contributed by atoms with van der Waals surface area (Å²) in [5.74, 6) is 0. The lowest BCUT2D eigenvalue weighted by Crippen LogP contribution is -2.04. The highest BCUT2D eigenvalue weighted by molar-refractivity contribution is 6.33. The Morgan fingerprint density at radius 2 is 1.76 bits per heavy atom. The fourth-order valence-electron chi connectivity index (χ4n) is 1.77. The predicted octanol–water partition coefficient (Wildman–Crippen LogP) is 5.40. The van der Waals surface area contributed by atoms with E-state index in [2.05, 4.69) is 0 Å². The number of alkyl halides is 3. The molecule has 0 N–H and O–H groups in total.